The number of alkyl halides is 3. The van der Waals surface area contributed by atoms with Gasteiger partial charge >= 0.3 is 6.18 Å². The Morgan fingerprint density at radius 1 is 1.30 bits per heavy atom. The fraction of sp³-hybridized carbons (Fsp3) is 1.00. The van der Waals surface area contributed by atoms with Crippen LogP contribution in [0.4, 0.5) is 13.2 Å². The summed E-state index contributed by atoms with van der Waals surface area (Å²) in [5.41, 5.74) is 0. The van der Waals surface area contributed by atoms with Crippen LogP contribution in [-0.4, -0.2) is 6.18 Å². The van der Waals surface area contributed by atoms with Crippen molar-refractivity contribution in [1.29, 1.82) is 0 Å². The molecule has 0 atom stereocenters. The average Bonchev–Trinajstić information content (AvgIpc) is 1.57. The van der Waals surface area contributed by atoms with Crippen LogP contribution in [0.3, 0.4) is 0 Å². The first-order valence-electron chi connectivity index (χ1n) is 3.60. The van der Waals surface area contributed by atoms with Crippen molar-refractivity contribution in [3.8, 4) is 0 Å². The second-order valence-electron chi connectivity index (χ2n) is 2.98. The van der Waals surface area contributed by atoms with E-state index >= 15 is 0 Å². The third kappa shape index (κ3) is 1.44. The van der Waals surface area contributed by atoms with Gasteiger partial charge in [-0.15, -0.1) is 0 Å². The molecule has 0 aromatic carbocycles. The van der Waals surface area contributed by atoms with E-state index in [1.165, 1.54) is 0 Å². The van der Waals surface area contributed by atoms with E-state index in [-0.39, 0.29) is 0 Å². The molecular weight excluding hydrogens is 141 g/mol. The maximum absolute atomic E-state index is 11.8. The molecule has 0 amide bonds. The molecule has 0 aromatic heterocycles. The Morgan fingerprint density at radius 2 is 1.80 bits per heavy atom. The van der Waals surface area contributed by atoms with E-state index < -0.39 is 12.1 Å². The summed E-state index contributed by atoms with van der Waals surface area (Å²) in [6, 6.07) is 0. The third-order valence-electron chi connectivity index (χ3n) is 2.28. The topological polar surface area (TPSA) is 0 Å². The van der Waals surface area contributed by atoms with Gasteiger partial charge in [0.2, 0.25) is 0 Å². The van der Waals surface area contributed by atoms with Crippen molar-refractivity contribution in [1.82, 2.24) is 0 Å². The van der Waals surface area contributed by atoms with Crippen molar-refractivity contribution in [3.63, 3.8) is 0 Å². The van der Waals surface area contributed by atoms with Gasteiger partial charge in [0.1, 0.15) is 0 Å². The van der Waals surface area contributed by atoms with Crippen molar-refractivity contribution >= 4 is 0 Å². The summed E-state index contributed by atoms with van der Waals surface area (Å²) in [6.45, 7) is 1.94. The molecule has 10 heavy (non-hydrogen) atoms. The van der Waals surface area contributed by atoms with E-state index in [1.807, 2.05) is 6.92 Å². The highest BCUT2D eigenvalue weighted by atomic mass is 19.4. The van der Waals surface area contributed by atoms with Crippen LogP contribution >= 0.6 is 0 Å². The van der Waals surface area contributed by atoms with Gasteiger partial charge in [-0.3, -0.25) is 0 Å². The molecule has 0 nitrogen and oxygen atoms in total. The Balaban J connectivity index is 2.26. The third-order valence-corrected chi connectivity index (χ3v) is 2.28. The van der Waals surface area contributed by atoms with Crippen molar-refractivity contribution in [2.45, 2.75) is 32.4 Å². The zero-order chi connectivity index (χ0) is 7.78. The van der Waals surface area contributed by atoms with Crippen LogP contribution in [0.5, 0.6) is 0 Å². The molecule has 0 aromatic rings. The maximum atomic E-state index is 11.8. The standard InChI is InChI=1S/C7H11F3/c1-2-5-3-6(4-5)7(8,9)10/h5-6H,2-4H2,1H3/t5-,6-. The van der Waals surface area contributed by atoms with Gasteiger partial charge in [0.15, 0.2) is 0 Å². The minimum atomic E-state index is -3.92. The minimum absolute atomic E-state index is 0.339. The fourth-order valence-corrected chi connectivity index (χ4v) is 1.34. The Bertz CT molecular complexity index is 111. The predicted octanol–water partition coefficient (Wildman–Crippen LogP) is 2.98. The zero-order valence-corrected chi connectivity index (χ0v) is 5.91. The van der Waals surface area contributed by atoms with Crippen molar-refractivity contribution in [2.75, 3.05) is 0 Å². The molecule has 3 heteroatoms. The van der Waals surface area contributed by atoms with Gasteiger partial charge in [-0.05, 0) is 18.8 Å². The summed E-state index contributed by atoms with van der Waals surface area (Å²) in [6.07, 6.45) is -2.31. The first-order chi connectivity index (χ1) is 4.54. The molecule has 1 aliphatic rings. The lowest BCUT2D eigenvalue weighted by atomic mass is 9.73. The largest absolute Gasteiger partial charge is 0.391 e. The monoisotopic (exact) mass is 152 g/mol. The van der Waals surface area contributed by atoms with Crippen LogP contribution in [0.2, 0.25) is 0 Å². The van der Waals surface area contributed by atoms with Crippen LogP contribution in [0.25, 0.3) is 0 Å². The molecule has 0 spiro atoms. The molecule has 0 aliphatic heterocycles. The van der Waals surface area contributed by atoms with E-state index in [1.54, 1.807) is 0 Å². The first kappa shape index (κ1) is 7.89. The van der Waals surface area contributed by atoms with Crippen molar-refractivity contribution < 1.29 is 13.2 Å². The normalized spacial score (nSPS) is 33.6. The molecule has 0 saturated heterocycles. The average molecular weight is 152 g/mol. The summed E-state index contributed by atoms with van der Waals surface area (Å²) in [4.78, 5) is 0. The molecule has 0 radical (unpaired) electrons. The van der Waals surface area contributed by atoms with Crippen LogP contribution in [0.15, 0.2) is 0 Å². The number of hydrogen-bond donors (Lipinski definition) is 0. The fourth-order valence-electron chi connectivity index (χ4n) is 1.34. The molecule has 0 unspecified atom stereocenters. The van der Waals surface area contributed by atoms with Crippen molar-refractivity contribution in [3.05, 3.63) is 0 Å². The second-order valence-corrected chi connectivity index (χ2v) is 2.98. The summed E-state index contributed by atoms with van der Waals surface area (Å²) < 4.78 is 35.4. The van der Waals surface area contributed by atoms with Gasteiger partial charge < -0.3 is 0 Å². The molecule has 1 rings (SSSR count). The second kappa shape index (κ2) is 2.44. The molecule has 1 aliphatic carbocycles. The molecule has 0 heterocycles. The molecular formula is C7H11F3. The lowest BCUT2D eigenvalue weighted by molar-refractivity contribution is -0.204. The van der Waals surface area contributed by atoms with E-state index in [0.29, 0.717) is 18.8 Å². The highest BCUT2D eigenvalue weighted by Gasteiger charge is 2.46. The van der Waals surface area contributed by atoms with Gasteiger partial charge in [0.25, 0.3) is 0 Å². The molecule has 0 N–H and O–H groups in total. The molecule has 1 saturated carbocycles. The van der Waals surface area contributed by atoms with Gasteiger partial charge in [0, 0.05) is 0 Å². The van der Waals surface area contributed by atoms with Crippen molar-refractivity contribution in [2.24, 2.45) is 11.8 Å². The highest BCUT2D eigenvalue weighted by Crippen LogP contribution is 2.45. The zero-order valence-electron chi connectivity index (χ0n) is 5.91. The summed E-state index contributed by atoms with van der Waals surface area (Å²) >= 11 is 0. The first-order valence-corrected chi connectivity index (χ1v) is 3.60. The summed E-state index contributed by atoms with van der Waals surface area (Å²) in [5.74, 6) is -0.649. The van der Waals surface area contributed by atoms with E-state index in [4.69, 9.17) is 0 Å². The lowest BCUT2D eigenvalue weighted by Gasteiger charge is -2.35. The Kier molecular flexibility index (Phi) is 1.92. The summed E-state index contributed by atoms with van der Waals surface area (Å²) in [5, 5.41) is 0. The van der Waals surface area contributed by atoms with Crippen LogP contribution < -0.4 is 0 Å². The quantitative estimate of drug-likeness (QED) is 0.541. The van der Waals surface area contributed by atoms with E-state index in [0.717, 1.165) is 6.42 Å². The van der Waals surface area contributed by atoms with E-state index in [2.05, 4.69) is 0 Å². The molecule has 60 valence electrons. The van der Waals surface area contributed by atoms with Gasteiger partial charge in [-0.25, -0.2) is 0 Å². The van der Waals surface area contributed by atoms with Crippen LogP contribution in [0, 0.1) is 11.8 Å². The van der Waals surface area contributed by atoms with Gasteiger partial charge in [-0.1, -0.05) is 13.3 Å². The Morgan fingerprint density at radius 3 is 2.10 bits per heavy atom. The Hall–Kier alpha value is -0.210. The molecule has 1 fully saturated rings. The van der Waals surface area contributed by atoms with E-state index in [9.17, 15) is 13.2 Å². The Labute approximate surface area is 58.4 Å². The summed E-state index contributed by atoms with van der Waals surface area (Å²) in [7, 11) is 0. The smallest absolute Gasteiger partial charge is 0.171 e. The maximum Gasteiger partial charge on any atom is 0.391 e. The predicted molar refractivity (Wildman–Crippen MR) is 32.6 cm³/mol. The number of rotatable bonds is 1. The molecule has 0 bridgehead atoms. The number of hydrogen-bond acceptors (Lipinski definition) is 0. The highest BCUT2D eigenvalue weighted by molar-refractivity contribution is 4.83. The van der Waals surface area contributed by atoms with Crippen LogP contribution in [-0.2, 0) is 0 Å². The van der Waals surface area contributed by atoms with Gasteiger partial charge in [-0.2, -0.15) is 13.2 Å². The lowest BCUT2D eigenvalue weighted by Crippen LogP contribution is -2.35. The van der Waals surface area contributed by atoms with Crippen LogP contribution in [0.1, 0.15) is 26.2 Å². The minimum Gasteiger partial charge on any atom is -0.171 e. The SMILES string of the molecule is CC[C@H]1C[C@H](C(F)(F)F)C1. The number of halogens is 3. The van der Waals surface area contributed by atoms with Gasteiger partial charge in [0.05, 0.1) is 5.92 Å².